The number of methoxy groups -OCH3 is 2. The number of ether oxygens (including phenoxy) is 2. The van der Waals surface area contributed by atoms with Crippen LogP contribution in [0.25, 0.3) is 6.08 Å². The minimum absolute atomic E-state index is 0.0215. The average molecular weight is 531 g/mol. The molecule has 0 spiro atoms. The minimum Gasteiger partial charge on any atom is -0.493 e. The summed E-state index contributed by atoms with van der Waals surface area (Å²) in [6, 6.07) is 11.0. The molecule has 8 nitrogen and oxygen atoms in total. The highest BCUT2D eigenvalue weighted by Crippen LogP contribution is 2.40. The van der Waals surface area contributed by atoms with E-state index in [4.69, 9.17) is 9.47 Å². The van der Waals surface area contributed by atoms with Crippen LogP contribution >= 0.6 is 11.8 Å². The van der Waals surface area contributed by atoms with Crippen molar-refractivity contribution in [1.82, 2.24) is 4.90 Å². The van der Waals surface area contributed by atoms with Gasteiger partial charge in [0, 0.05) is 18.3 Å². The van der Waals surface area contributed by atoms with Crippen molar-refractivity contribution in [2.45, 2.75) is 43.9 Å². The zero-order chi connectivity index (χ0) is 25.9. The molecule has 2 aromatic carbocycles. The summed E-state index contributed by atoms with van der Waals surface area (Å²) >= 11 is 0.947. The zero-order valence-electron chi connectivity index (χ0n) is 20.6. The molecule has 1 heterocycles. The van der Waals surface area contributed by atoms with Gasteiger partial charge in [-0.05, 0) is 65.9 Å². The van der Waals surface area contributed by atoms with Crippen LogP contribution in [0.1, 0.15) is 44.6 Å². The maximum atomic E-state index is 13.0. The van der Waals surface area contributed by atoms with E-state index >= 15 is 0 Å². The van der Waals surface area contributed by atoms with Crippen LogP contribution in [0.15, 0.2) is 52.3 Å². The molecule has 2 aromatic rings. The normalized spacial score (nSPS) is 19.0. The van der Waals surface area contributed by atoms with Gasteiger partial charge in [0.1, 0.15) is 0 Å². The zero-order valence-corrected chi connectivity index (χ0v) is 22.2. The number of hydrogen-bond acceptors (Lipinski definition) is 7. The number of carbonyl (C=O) groups is 2. The van der Waals surface area contributed by atoms with Crippen LogP contribution in [0.3, 0.4) is 0 Å². The van der Waals surface area contributed by atoms with E-state index in [2.05, 4.69) is 11.6 Å². The van der Waals surface area contributed by atoms with Crippen LogP contribution in [0, 0.1) is 5.41 Å². The predicted molar refractivity (Wildman–Crippen MR) is 141 cm³/mol. The smallest absolute Gasteiger partial charge is 0.293 e. The van der Waals surface area contributed by atoms with Crippen LogP contribution in [0.2, 0.25) is 0 Å². The van der Waals surface area contributed by atoms with Crippen molar-refractivity contribution in [3.8, 4) is 11.5 Å². The highest BCUT2D eigenvalue weighted by Gasteiger charge is 2.40. The van der Waals surface area contributed by atoms with E-state index in [9.17, 15) is 18.0 Å². The maximum Gasteiger partial charge on any atom is 0.293 e. The van der Waals surface area contributed by atoms with Gasteiger partial charge in [0.25, 0.3) is 21.2 Å². The Hall–Kier alpha value is -2.98. The first-order chi connectivity index (χ1) is 17.1. The number of rotatable bonds is 8. The number of benzene rings is 2. The fourth-order valence-electron chi connectivity index (χ4n) is 4.58. The van der Waals surface area contributed by atoms with Crippen molar-refractivity contribution in [3.63, 3.8) is 0 Å². The van der Waals surface area contributed by atoms with E-state index in [-0.39, 0.29) is 21.5 Å². The summed E-state index contributed by atoms with van der Waals surface area (Å²) in [6.07, 6.45) is 7.18. The van der Waals surface area contributed by atoms with Gasteiger partial charge in [-0.15, -0.1) is 0 Å². The standard InChI is InChI=1S/C26H30N2O6S2/c1-26(13-5-4-6-14-26)17-28-24(29)23(35-25(28)30)15-18-7-9-19(10-8-18)27-36(31,32)20-11-12-21(33-2)22(16-20)34-3/h7-12,15-16,27H,4-6,13-14,17H2,1-3H3/b23-15-. The number of imide groups is 1. The molecule has 0 aromatic heterocycles. The topological polar surface area (TPSA) is 102 Å². The van der Waals surface area contributed by atoms with E-state index in [1.165, 1.54) is 43.7 Å². The summed E-state index contributed by atoms with van der Waals surface area (Å²) in [5.74, 6) is 0.468. The molecule has 0 unspecified atom stereocenters. The number of hydrogen-bond donors (Lipinski definition) is 1. The third-order valence-corrected chi connectivity index (χ3v) is 8.89. The molecule has 1 aliphatic heterocycles. The van der Waals surface area contributed by atoms with Crippen LogP contribution in [-0.2, 0) is 14.8 Å². The Morgan fingerprint density at radius 1 is 1.00 bits per heavy atom. The summed E-state index contributed by atoms with van der Waals surface area (Å²) in [6.45, 7) is 2.60. The molecule has 2 aliphatic rings. The lowest BCUT2D eigenvalue weighted by molar-refractivity contribution is -0.124. The van der Waals surface area contributed by atoms with Gasteiger partial charge in [-0.3, -0.25) is 19.2 Å². The predicted octanol–water partition coefficient (Wildman–Crippen LogP) is 5.51. The molecule has 2 amide bonds. The van der Waals surface area contributed by atoms with Gasteiger partial charge in [0.15, 0.2) is 11.5 Å². The number of carbonyl (C=O) groups excluding carboxylic acids is 2. The van der Waals surface area contributed by atoms with Gasteiger partial charge in [-0.25, -0.2) is 8.42 Å². The molecule has 10 heteroatoms. The number of sulfonamides is 1. The molecule has 36 heavy (non-hydrogen) atoms. The molecule has 1 N–H and O–H groups in total. The van der Waals surface area contributed by atoms with Gasteiger partial charge in [-0.2, -0.15) is 0 Å². The fraction of sp³-hybridized carbons (Fsp3) is 0.385. The Kier molecular flexibility index (Phi) is 7.65. The molecule has 192 valence electrons. The third kappa shape index (κ3) is 5.70. The molecule has 0 atom stereocenters. The van der Waals surface area contributed by atoms with Crippen molar-refractivity contribution in [2.24, 2.45) is 5.41 Å². The van der Waals surface area contributed by atoms with Gasteiger partial charge in [0.05, 0.1) is 24.0 Å². The molecule has 2 fully saturated rings. The molecule has 1 saturated heterocycles. The van der Waals surface area contributed by atoms with Crippen LogP contribution < -0.4 is 14.2 Å². The first-order valence-electron chi connectivity index (χ1n) is 11.7. The van der Waals surface area contributed by atoms with Gasteiger partial charge < -0.3 is 9.47 Å². The maximum absolute atomic E-state index is 13.0. The number of amides is 2. The number of nitrogens with one attached hydrogen (secondary N) is 1. The van der Waals surface area contributed by atoms with Gasteiger partial charge in [0.2, 0.25) is 0 Å². The van der Waals surface area contributed by atoms with E-state index < -0.39 is 10.0 Å². The van der Waals surface area contributed by atoms with E-state index in [1.807, 2.05) is 0 Å². The van der Waals surface area contributed by atoms with Crippen LogP contribution in [-0.4, -0.2) is 45.2 Å². The Bertz CT molecular complexity index is 1280. The van der Waals surface area contributed by atoms with Crippen molar-refractivity contribution in [1.29, 1.82) is 0 Å². The first kappa shape index (κ1) is 26.1. The second kappa shape index (κ2) is 10.6. The lowest BCUT2D eigenvalue weighted by atomic mass is 9.75. The largest absolute Gasteiger partial charge is 0.493 e. The van der Waals surface area contributed by atoms with Crippen molar-refractivity contribution in [2.75, 3.05) is 25.5 Å². The monoisotopic (exact) mass is 530 g/mol. The molecule has 1 saturated carbocycles. The second-order valence-electron chi connectivity index (χ2n) is 9.38. The second-order valence-corrected chi connectivity index (χ2v) is 12.1. The lowest BCUT2D eigenvalue weighted by Gasteiger charge is -2.35. The first-order valence-corrected chi connectivity index (χ1v) is 14.0. The molecular formula is C26H30N2O6S2. The highest BCUT2D eigenvalue weighted by atomic mass is 32.2. The lowest BCUT2D eigenvalue weighted by Crippen LogP contribution is -2.39. The highest BCUT2D eigenvalue weighted by molar-refractivity contribution is 8.18. The molecule has 0 bridgehead atoms. The van der Waals surface area contributed by atoms with Gasteiger partial charge >= 0.3 is 0 Å². The van der Waals surface area contributed by atoms with Gasteiger partial charge in [-0.1, -0.05) is 38.3 Å². The Labute approximate surface area is 216 Å². The summed E-state index contributed by atoms with van der Waals surface area (Å²) in [5, 5.41) is -0.239. The van der Waals surface area contributed by atoms with E-state index in [1.54, 1.807) is 30.3 Å². The molecule has 4 rings (SSSR count). The quantitative estimate of drug-likeness (QED) is 0.449. The van der Waals surface area contributed by atoms with E-state index in [0.717, 1.165) is 37.4 Å². The Balaban J connectivity index is 1.45. The molecule has 0 radical (unpaired) electrons. The number of thioether (sulfide) groups is 1. The number of nitrogens with zero attached hydrogens (tertiary/aromatic N) is 1. The summed E-state index contributed by atoms with van der Waals surface area (Å²) in [5.41, 5.74) is 1.03. The van der Waals surface area contributed by atoms with Crippen LogP contribution in [0.4, 0.5) is 10.5 Å². The van der Waals surface area contributed by atoms with Crippen molar-refractivity contribution in [3.05, 3.63) is 52.9 Å². The summed E-state index contributed by atoms with van der Waals surface area (Å²) < 4.78 is 38.5. The Morgan fingerprint density at radius 3 is 2.31 bits per heavy atom. The average Bonchev–Trinajstić information content (AvgIpc) is 3.11. The minimum atomic E-state index is -3.86. The fourth-order valence-corrected chi connectivity index (χ4v) is 6.49. The SMILES string of the molecule is COc1ccc(S(=O)(=O)Nc2ccc(/C=C3\SC(=O)N(CC4(C)CCCCC4)C3=O)cc2)cc1OC. The van der Waals surface area contributed by atoms with Crippen LogP contribution in [0.5, 0.6) is 11.5 Å². The third-order valence-electron chi connectivity index (χ3n) is 6.60. The van der Waals surface area contributed by atoms with Crippen molar-refractivity contribution < 1.29 is 27.5 Å². The van der Waals surface area contributed by atoms with E-state index in [0.29, 0.717) is 34.2 Å². The summed E-state index contributed by atoms with van der Waals surface area (Å²) in [7, 11) is -0.949. The Morgan fingerprint density at radius 2 is 1.67 bits per heavy atom. The summed E-state index contributed by atoms with van der Waals surface area (Å²) in [4.78, 5) is 27.3. The van der Waals surface area contributed by atoms with Crippen molar-refractivity contribution >= 4 is 44.7 Å². The molecule has 1 aliphatic carbocycles. The number of anilines is 1. The molecular weight excluding hydrogens is 500 g/mol.